The van der Waals surface area contributed by atoms with E-state index in [1.165, 1.54) is 0 Å². The van der Waals surface area contributed by atoms with Gasteiger partial charge in [-0.15, -0.1) is 0 Å². The van der Waals surface area contributed by atoms with E-state index < -0.39 is 5.91 Å². The van der Waals surface area contributed by atoms with Crippen LogP contribution in [0.3, 0.4) is 0 Å². The molecule has 36 heavy (non-hydrogen) atoms. The van der Waals surface area contributed by atoms with Crippen LogP contribution in [-0.4, -0.2) is 78.5 Å². The largest absolute Gasteiger partial charge is 0.491 e. The highest BCUT2D eigenvalue weighted by Crippen LogP contribution is 2.37. The summed E-state index contributed by atoms with van der Waals surface area (Å²) in [6.07, 6.45) is 0.889. The summed E-state index contributed by atoms with van der Waals surface area (Å²) in [5.41, 5.74) is 7.52. The third kappa shape index (κ3) is 4.84. The fourth-order valence-electron chi connectivity index (χ4n) is 4.60. The van der Waals surface area contributed by atoms with Gasteiger partial charge in [-0.3, -0.25) is 14.3 Å². The lowest BCUT2D eigenvalue weighted by molar-refractivity contribution is 0.0357. The predicted molar refractivity (Wildman–Crippen MR) is 135 cm³/mol. The molecular formula is C25H31N7O4. The van der Waals surface area contributed by atoms with Crippen molar-refractivity contribution < 1.29 is 19.0 Å². The number of amides is 1. The number of aryl methyl sites for hydroxylation is 1. The Morgan fingerprint density at radius 3 is 2.81 bits per heavy atom. The van der Waals surface area contributed by atoms with Crippen LogP contribution in [0.1, 0.15) is 22.5 Å². The lowest BCUT2D eigenvalue weighted by Crippen LogP contribution is -2.37. The fourth-order valence-corrected chi connectivity index (χ4v) is 4.60. The average Bonchev–Trinajstić information content (AvgIpc) is 3.37. The number of morpholine rings is 1. The number of rotatable bonds is 7. The molecule has 3 aromatic rings. The van der Waals surface area contributed by atoms with Crippen molar-refractivity contribution in [2.45, 2.75) is 19.9 Å². The summed E-state index contributed by atoms with van der Waals surface area (Å²) in [5, 5.41) is 4.26. The van der Waals surface area contributed by atoms with E-state index >= 15 is 0 Å². The molecule has 0 atom stereocenters. The maximum absolute atomic E-state index is 13.0. The fraction of sp³-hybridized carbons (Fsp3) is 0.440. The minimum atomic E-state index is -0.428. The first kappa shape index (κ1) is 24.0. The summed E-state index contributed by atoms with van der Waals surface area (Å²) < 4.78 is 19.1. The predicted octanol–water partition coefficient (Wildman–Crippen LogP) is 1.60. The number of aromatic nitrogens is 3. The molecule has 2 aliphatic heterocycles. The highest BCUT2D eigenvalue weighted by atomic mass is 16.5. The molecule has 1 amide bonds. The first-order chi connectivity index (χ1) is 17.5. The van der Waals surface area contributed by atoms with Crippen LogP contribution in [0.25, 0.3) is 10.9 Å². The van der Waals surface area contributed by atoms with Crippen molar-refractivity contribution in [1.29, 1.82) is 0 Å². The zero-order valence-electron chi connectivity index (χ0n) is 20.6. The lowest BCUT2D eigenvalue weighted by atomic mass is 10.2. The van der Waals surface area contributed by atoms with Crippen LogP contribution in [0.2, 0.25) is 0 Å². The van der Waals surface area contributed by atoms with E-state index in [-0.39, 0.29) is 0 Å². The van der Waals surface area contributed by atoms with Gasteiger partial charge in [0.05, 0.1) is 38.2 Å². The number of methoxy groups -OCH3 is 1. The second kappa shape index (κ2) is 10.5. The van der Waals surface area contributed by atoms with Crippen molar-refractivity contribution in [3.63, 3.8) is 0 Å². The maximum Gasteiger partial charge on any atom is 0.282 e. The van der Waals surface area contributed by atoms with Gasteiger partial charge in [0.1, 0.15) is 17.2 Å². The van der Waals surface area contributed by atoms with Crippen molar-refractivity contribution in [1.82, 2.24) is 19.4 Å². The molecule has 0 aliphatic carbocycles. The summed E-state index contributed by atoms with van der Waals surface area (Å²) >= 11 is 0. The van der Waals surface area contributed by atoms with Crippen LogP contribution >= 0.6 is 0 Å². The number of carbonyl (C=O) groups is 1. The number of carbonyl (C=O) groups excluding carboxylic acids is 1. The smallest absolute Gasteiger partial charge is 0.282 e. The monoisotopic (exact) mass is 493 g/mol. The van der Waals surface area contributed by atoms with Gasteiger partial charge >= 0.3 is 0 Å². The third-order valence-electron chi connectivity index (χ3n) is 6.42. The number of hydrogen-bond donors (Lipinski definition) is 2. The molecule has 1 fully saturated rings. The van der Waals surface area contributed by atoms with Crippen LogP contribution in [0.5, 0.6) is 11.5 Å². The van der Waals surface area contributed by atoms with Crippen molar-refractivity contribution >= 4 is 28.4 Å². The Labute approximate surface area is 208 Å². The Morgan fingerprint density at radius 1 is 1.19 bits per heavy atom. The van der Waals surface area contributed by atoms with Crippen molar-refractivity contribution in [3.05, 3.63) is 41.1 Å². The van der Waals surface area contributed by atoms with Crippen LogP contribution < -0.4 is 26.1 Å². The number of nitrogens with zero attached hydrogens (tertiary/aromatic N) is 5. The van der Waals surface area contributed by atoms with Crippen LogP contribution in [0.4, 0.5) is 11.6 Å². The van der Waals surface area contributed by atoms with E-state index in [1.54, 1.807) is 26.2 Å². The molecule has 0 spiro atoms. The van der Waals surface area contributed by atoms with Crippen molar-refractivity contribution in [3.8, 4) is 11.5 Å². The molecule has 0 unspecified atom stereocenters. The standard InChI is InChI=1S/C25H31N7O4/c1-16-17(5-7-20(26)28-16)24(33)30-25-29-21-18(23-27-8-10-32(23)25)4-6-19(22(21)34-2)36-13-3-9-31-11-14-35-15-12-31/h4-7,27H,3,8-15H2,1-2H3,(H2,26,28). The van der Waals surface area contributed by atoms with Gasteiger partial charge in [-0.25, -0.2) is 9.97 Å². The van der Waals surface area contributed by atoms with Crippen molar-refractivity contribution in [2.75, 3.05) is 64.2 Å². The van der Waals surface area contributed by atoms with Gasteiger partial charge in [0.15, 0.2) is 11.5 Å². The summed E-state index contributed by atoms with van der Waals surface area (Å²) in [7, 11) is 1.59. The minimum absolute atomic E-state index is 0.298. The Balaban J connectivity index is 1.46. The van der Waals surface area contributed by atoms with E-state index in [9.17, 15) is 4.79 Å². The molecule has 190 valence electrons. The van der Waals surface area contributed by atoms with E-state index in [4.69, 9.17) is 24.9 Å². The molecule has 2 aliphatic rings. The van der Waals surface area contributed by atoms with Gasteiger partial charge in [0.2, 0.25) is 5.62 Å². The van der Waals surface area contributed by atoms with Crippen molar-refractivity contribution in [2.24, 2.45) is 4.99 Å². The third-order valence-corrected chi connectivity index (χ3v) is 6.42. The summed E-state index contributed by atoms with van der Waals surface area (Å²) in [5.74, 6) is 1.90. The zero-order chi connectivity index (χ0) is 25.1. The SMILES string of the molecule is COc1c(OCCCN2CCOCC2)ccc2c3n(c(=NC(=O)c4ccc(N)nc4C)nc12)CCN3. The Bertz CT molecular complexity index is 1350. The molecule has 3 N–H and O–H groups in total. The number of pyridine rings is 1. The van der Waals surface area contributed by atoms with E-state index in [1.807, 2.05) is 16.7 Å². The van der Waals surface area contributed by atoms with Gasteiger partial charge < -0.3 is 25.3 Å². The molecular weight excluding hydrogens is 462 g/mol. The first-order valence-corrected chi connectivity index (χ1v) is 12.2. The van der Waals surface area contributed by atoms with Crippen LogP contribution in [0, 0.1) is 6.92 Å². The number of nitrogen functional groups attached to an aromatic ring is 1. The minimum Gasteiger partial charge on any atom is -0.491 e. The van der Waals surface area contributed by atoms with Crippen LogP contribution in [-0.2, 0) is 11.3 Å². The lowest BCUT2D eigenvalue weighted by Gasteiger charge is -2.26. The molecule has 0 saturated carbocycles. The number of benzene rings is 1. The van der Waals surface area contributed by atoms with Crippen LogP contribution in [0.15, 0.2) is 29.3 Å². The Hall–Kier alpha value is -3.70. The maximum atomic E-state index is 13.0. The van der Waals surface area contributed by atoms with Gasteiger partial charge in [-0.1, -0.05) is 0 Å². The summed E-state index contributed by atoms with van der Waals surface area (Å²) in [6.45, 7) is 8.07. The number of nitrogens with two attached hydrogens (primary N) is 1. The number of hydrogen-bond acceptors (Lipinski definition) is 9. The number of fused-ring (bicyclic) bond motifs is 3. The number of nitrogens with one attached hydrogen (secondary N) is 1. The van der Waals surface area contributed by atoms with E-state index in [0.717, 1.165) is 50.5 Å². The molecule has 0 bridgehead atoms. The molecule has 5 rings (SSSR count). The van der Waals surface area contributed by atoms with Gasteiger partial charge in [-0.05, 0) is 37.6 Å². The molecule has 0 radical (unpaired) electrons. The Morgan fingerprint density at radius 2 is 2.03 bits per heavy atom. The summed E-state index contributed by atoms with van der Waals surface area (Å²) in [4.78, 5) is 28.7. The Kier molecular flexibility index (Phi) is 7.01. The molecule has 2 aromatic heterocycles. The topological polar surface area (TPSA) is 129 Å². The van der Waals surface area contributed by atoms with Gasteiger partial charge in [0, 0.05) is 38.1 Å². The zero-order valence-corrected chi connectivity index (χ0v) is 20.6. The van der Waals surface area contributed by atoms with E-state index in [2.05, 4.69) is 20.2 Å². The molecule has 1 aromatic carbocycles. The second-order valence-corrected chi connectivity index (χ2v) is 8.77. The molecule has 1 saturated heterocycles. The molecule has 11 heteroatoms. The van der Waals surface area contributed by atoms with Gasteiger partial charge in [0.25, 0.3) is 5.91 Å². The highest BCUT2D eigenvalue weighted by Gasteiger charge is 2.21. The molecule has 4 heterocycles. The second-order valence-electron chi connectivity index (χ2n) is 8.77. The number of ether oxygens (including phenoxy) is 3. The quantitative estimate of drug-likeness (QED) is 0.472. The summed E-state index contributed by atoms with van der Waals surface area (Å²) in [6, 6.07) is 7.10. The highest BCUT2D eigenvalue weighted by molar-refractivity contribution is 5.97. The average molecular weight is 494 g/mol. The van der Waals surface area contributed by atoms with Gasteiger partial charge in [-0.2, -0.15) is 4.99 Å². The molecule has 11 nitrogen and oxygen atoms in total. The van der Waals surface area contributed by atoms with E-state index in [0.29, 0.717) is 59.4 Å². The normalized spacial score (nSPS) is 16.1. The first-order valence-electron chi connectivity index (χ1n) is 12.2. The number of anilines is 2.